The van der Waals surface area contributed by atoms with Gasteiger partial charge in [0.05, 0.1) is 0 Å². The van der Waals surface area contributed by atoms with Gasteiger partial charge in [-0.1, -0.05) is 12.8 Å². The zero-order valence-electron chi connectivity index (χ0n) is 13.2. The first kappa shape index (κ1) is 14.8. The van der Waals surface area contributed by atoms with Crippen molar-refractivity contribution in [2.45, 2.75) is 57.5 Å². The molecule has 0 aromatic heterocycles. The van der Waals surface area contributed by atoms with Crippen molar-refractivity contribution in [3.8, 4) is 0 Å². The fraction of sp³-hybridized carbons (Fsp3) is 0.667. The normalized spacial score (nSPS) is 27.3. The Labute approximate surface area is 127 Å². The van der Waals surface area contributed by atoms with Crippen LogP contribution in [0.5, 0.6) is 0 Å². The third kappa shape index (κ3) is 2.94. The van der Waals surface area contributed by atoms with Crippen LogP contribution in [0.1, 0.15) is 57.1 Å². The molecule has 1 saturated heterocycles. The first-order valence-corrected chi connectivity index (χ1v) is 8.44. The zero-order chi connectivity index (χ0) is 14.8. The summed E-state index contributed by atoms with van der Waals surface area (Å²) >= 11 is 0. The number of halogens is 1. The van der Waals surface area contributed by atoms with Crippen LogP contribution in [0.25, 0.3) is 0 Å². The summed E-state index contributed by atoms with van der Waals surface area (Å²) < 4.78 is 13.7. The number of fused-ring (bicyclic) bond motifs is 1. The number of benzene rings is 1. The van der Waals surface area contributed by atoms with E-state index in [1.807, 2.05) is 13.1 Å². The Hall–Kier alpha value is -1.09. The van der Waals surface area contributed by atoms with Gasteiger partial charge in [0.1, 0.15) is 5.82 Å². The maximum Gasteiger partial charge on any atom is 0.123 e. The van der Waals surface area contributed by atoms with Gasteiger partial charge in [0.15, 0.2) is 0 Å². The van der Waals surface area contributed by atoms with Crippen LogP contribution in [0.15, 0.2) is 18.2 Å². The molecule has 1 aliphatic heterocycles. The summed E-state index contributed by atoms with van der Waals surface area (Å²) in [4.78, 5) is 2.58. The molecule has 1 aromatic carbocycles. The maximum atomic E-state index is 13.7. The van der Waals surface area contributed by atoms with E-state index in [-0.39, 0.29) is 11.9 Å². The highest BCUT2D eigenvalue weighted by Gasteiger charge is 2.34. The fourth-order valence-corrected chi connectivity index (χ4v) is 4.21. The van der Waals surface area contributed by atoms with Gasteiger partial charge in [-0.25, -0.2) is 4.39 Å². The van der Waals surface area contributed by atoms with Crippen LogP contribution in [0.3, 0.4) is 0 Å². The summed E-state index contributed by atoms with van der Waals surface area (Å²) in [6.45, 7) is 3.23. The third-order valence-electron chi connectivity index (χ3n) is 5.44. The Balaban J connectivity index is 1.94. The van der Waals surface area contributed by atoms with E-state index < -0.39 is 0 Å². The number of hydrogen-bond acceptors (Lipinski definition) is 2. The van der Waals surface area contributed by atoms with E-state index in [0.29, 0.717) is 6.04 Å². The predicted octanol–water partition coefficient (Wildman–Crippen LogP) is 4.27. The van der Waals surface area contributed by atoms with Gasteiger partial charge in [0.25, 0.3) is 0 Å². The average Bonchev–Trinajstić information content (AvgIpc) is 2.53. The Morgan fingerprint density at radius 3 is 2.76 bits per heavy atom. The van der Waals surface area contributed by atoms with Crippen molar-refractivity contribution in [2.24, 2.45) is 5.92 Å². The molecular weight excluding hydrogens is 263 g/mol. The zero-order valence-corrected chi connectivity index (χ0v) is 13.2. The van der Waals surface area contributed by atoms with Gasteiger partial charge in [0.2, 0.25) is 0 Å². The van der Waals surface area contributed by atoms with Crippen molar-refractivity contribution >= 4 is 5.69 Å². The third-order valence-corrected chi connectivity index (χ3v) is 5.44. The van der Waals surface area contributed by atoms with Crippen LogP contribution < -0.4 is 10.2 Å². The van der Waals surface area contributed by atoms with Crippen LogP contribution in [0.2, 0.25) is 0 Å². The van der Waals surface area contributed by atoms with Gasteiger partial charge < -0.3 is 10.2 Å². The second-order valence-electron chi connectivity index (χ2n) is 6.66. The first-order valence-electron chi connectivity index (χ1n) is 8.44. The van der Waals surface area contributed by atoms with Crippen LogP contribution in [-0.2, 0) is 0 Å². The molecule has 2 nitrogen and oxygen atoms in total. The summed E-state index contributed by atoms with van der Waals surface area (Å²) in [6, 6.07) is 6.17. The molecule has 2 aliphatic rings. The molecule has 1 heterocycles. The Morgan fingerprint density at radius 1 is 1.19 bits per heavy atom. The molecule has 2 fully saturated rings. The molecule has 3 atom stereocenters. The molecule has 3 heteroatoms. The number of nitrogens with zero attached hydrogens (tertiary/aromatic N) is 1. The van der Waals surface area contributed by atoms with Crippen molar-refractivity contribution in [3.63, 3.8) is 0 Å². The number of hydrogen-bond donors (Lipinski definition) is 1. The second-order valence-corrected chi connectivity index (χ2v) is 6.66. The minimum atomic E-state index is -0.131. The summed E-state index contributed by atoms with van der Waals surface area (Å²) in [5.41, 5.74) is 2.35. The molecule has 0 bridgehead atoms. The van der Waals surface area contributed by atoms with Crippen LogP contribution >= 0.6 is 0 Å². The Morgan fingerprint density at radius 2 is 1.95 bits per heavy atom. The van der Waals surface area contributed by atoms with Crippen LogP contribution in [0.4, 0.5) is 10.1 Å². The second kappa shape index (κ2) is 6.35. The number of nitrogens with one attached hydrogen (secondary N) is 1. The smallest absolute Gasteiger partial charge is 0.123 e. The van der Waals surface area contributed by atoms with E-state index in [0.717, 1.165) is 18.0 Å². The molecular formula is C18H27FN2. The van der Waals surface area contributed by atoms with Crippen molar-refractivity contribution in [2.75, 3.05) is 18.5 Å². The lowest BCUT2D eigenvalue weighted by atomic mass is 9.78. The van der Waals surface area contributed by atoms with Gasteiger partial charge in [-0.05, 0) is 69.3 Å². The molecule has 3 rings (SSSR count). The van der Waals surface area contributed by atoms with Gasteiger partial charge in [-0.2, -0.15) is 0 Å². The molecule has 1 saturated carbocycles. The largest absolute Gasteiger partial charge is 0.368 e. The van der Waals surface area contributed by atoms with Gasteiger partial charge in [-0.15, -0.1) is 0 Å². The van der Waals surface area contributed by atoms with Crippen LogP contribution in [0, 0.1) is 11.7 Å². The Kier molecular flexibility index (Phi) is 4.48. The summed E-state index contributed by atoms with van der Waals surface area (Å²) in [5, 5.41) is 3.27. The topological polar surface area (TPSA) is 15.3 Å². The number of rotatable bonds is 3. The fourth-order valence-electron chi connectivity index (χ4n) is 4.21. The number of anilines is 1. The number of piperidine rings is 1. The lowest BCUT2D eigenvalue weighted by molar-refractivity contribution is 0.243. The molecule has 116 valence electrons. The van der Waals surface area contributed by atoms with Crippen molar-refractivity contribution < 1.29 is 4.39 Å². The molecule has 21 heavy (non-hydrogen) atoms. The molecule has 0 amide bonds. The van der Waals surface area contributed by atoms with E-state index in [2.05, 4.69) is 17.1 Å². The highest BCUT2D eigenvalue weighted by molar-refractivity contribution is 5.56. The SMILES string of the molecule is CNC(C)c1cc(F)ccc1N1CCC[C@H]2CCCC[C@H]21. The van der Waals surface area contributed by atoms with Gasteiger partial charge in [0, 0.05) is 24.3 Å². The summed E-state index contributed by atoms with van der Waals surface area (Å²) in [6.07, 6.45) is 8.05. The standard InChI is InChI=1S/C18H27FN2/c1-13(20-2)16-12-15(19)9-10-18(16)21-11-5-7-14-6-3-4-8-17(14)21/h9-10,12-14,17,20H,3-8,11H2,1-2H3/t13?,14-,17-/m1/s1. The lowest BCUT2D eigenvalue weighted by Crippen LogP contribution is -2.47. The van der Waals surface area contributed by atoms with E-state index in [9.17, 15) is 4.39 Å². The van der Waals surface area contributed by atoms with E-state index in [1.165, 1.54) is 44.2 Å². The molecule has 1 aliphatic carbocycles. The lowest BCUT2D eigenvalue weighted by Gasteiger charge is -2.46. The van der Waals surface area contributed by atoms with Gasteiger partial charge in [-0.3, -0.25) is 0 Å². The molecule has 0 spiro atoms. The summed E-state index contributed by atoms with van der Waals surface area (Å²) in [5.74, 6) is 0.711. The highest BCUT2D eigenvalue weighted by atomic mass is 19.1. The maximum absolute atomic E-state index is 13.7. The Bertz CT molecular complexity index is 486. The minimum absolute atomic E-state index is 0.131. The average molecular weight is 290 g/mol. The highest BCUT2D eigenvalue weighted by Crippen LogP contribution is 2.40. The monoisotopic (exact) mass is 290 g/mol. The molecule has 1 aromatic rings. The van der Waals surface area contributed by atoms with Crippen molar-refractivity contribution in [1.29, 1.82) is 0 Å². The predicted molar refractivity (Wildman–Crippen MR) is 86.2 cm³/mol. The molecule has 0 radical (unpaired) electrons. The molecule has 1 unspecified atom stereocenters. The van der Waals surface area contributed by atoms with E-state index in [4.69, 9.17) is 0 Å². The first-order chi connectivity index (χ1) is 10.2. The summed E-state index contributed by atoms with van der Waals surface area (Å²) in [7, 11) is 1.94. The molecule has 1 N–H and O–H groups in total. The van der Waals surface area contributed by atoms with Crippen molar-refractivity contribution in [1.82, 2.24) is 5.32 Å². The van der Waals surface area contributed by atoms with Crippen LogP contribution in [-0.4, -0.2) is 19.6 Å². The minimum Gasteiger partial charge on any atom is -0.368 e. The van der Waals surface area contributed by atoms with E-state index in [1.54, 1.807) is 12.1 Å². The van der Waals surface area contributed by atoms with Crippen molar-refractivity contribution in [3.05, 3.63) is 29.6 Å². The quantitative estimate of drug-likeness (QED) is 0.894. The van der Waals surface area contributed by atoms with Gasteiger partial charge >= 0.3 is 0 Å². The van der Waals surface area contributed by atoms with E-state index >= 15 is 0 Å².